The first-order valence-corrected chi connectivity index (χ1v) is 13.3. The van der Waals surface area contributed by atoms with E-state index in [0.717, 1.165) is 22.5 Å². The van der Waals surface area contributed by atoms with Gasteiger partial charge in [-0.25, -0.2) is 0 Å². The van der Waals surface area contributed by atoms with E-state index in [9.17, 15) is 0 Å². The number of halogens is 3. The lowest BCUT2D eigenvalue weighted by molar-refractivity contribution is -0.118. The molecule has 0 saturated heterocycles. The molecule has 0 spiro atoms. The van der Waals surface area contributed by atoms with Crippen LogP contribution in [0.1, 0.15) is 63.5 Å². The van der Waals surface area contributed by atoms with E-state index in [0.29, 0.717) is 32.4 Å². The highest BCUT2D eigenvalue weighted by Gasteiger charge is 2.59. The van der Waals surface area contributed by atoms with Crippen molar-refractivity contribution in [1.29, 1.82) is 0 Å². The lowest BCUT2D eigenvalue weighted by Gasteiger charge is -2.65. The van der Waals surface area contributed by atoms with Crippen LogP contribution in [0.15, 0.2) is 34.8 Å². The van der Waals surface area contributed by atoms with Gasteiger partial charge in [0.1, 0.15) is 6.61 Å². The Morgan fingerprint density at radius 1 is 1.03 bits per heavy atom. The summed E-state index contributed by atoms with van der Waals surface area (Å²) in [5.74, 6) is 2.23. The third-order valence-corrected chi connectivity index (χ3v) is 9.30. The number of rotatable bonds is 7. The van der Waals surface area contributed by atoms with Crippen molar-refractivity contribution in [2.45, 2.75) is 71.1 Å². The van der Waals surface area contributed by atoms with Gasteiger partial charge < -0.3 is 14.8 Å². The van der Waals surface area contributed by atoms with Gasteiger partial charge in [-0.05, 0) is 101 Å². The van der Waals surface area contributed by atoms with Crippen LogP contribution in [0.5, 0.6) is 11.5 Å². The quantitative estimate of drug-likeness (QED) is 0.375. The van der Waals surface area contributed by atoms with Crippen molar-refractivity contribution in [3.8, 4) is 11.5 Å². The lowest BCUT2D eigenvalue weighted by Crippen LogP contribution is -2.63. The van der Waals surface area contributed by atoms with Gasteiger partial charge in [-0.1, -0.05) is 43.1 Å². The number of nitrogens with one attached hydrogen (secondary N) is 1. The highest BCUT2D eigenvalue weighted by atomic mass is 79.9. The largest absolute Gasteiger partial charge is 0.493 e. The molecule has 0 heterocycles. The molecule has 4 fully saturated rings. The number of ether oxygens (including phenoxy) is 2. The fourth-order valence-corrected chi connectivity index (χ4v) is 8.87. The first kappa shape index (κ1) is 23.8. The Balaban J connectivity index is 1.32. The highest BCUT2D eigenvalue weighted by Crippen LogP contribution is 2.66. The molecule has 4 saturated carbocycles. The molecule has 2 atom stereocenters. The SMILES string of the molecule is COc1cc(CNC23CC4CC(C)(CC(C)(C4)C2)C3)cc(Br)c1OCc1c(Cl)cccc1Cl. The second kappa shape index (κ2) is 8.62. The van der Waals surface area contributed by atoms with Crippen molar-refractivity contribution in [3.63, 3.8) is 0 Å². The molecule has 2 aromatic carbocycles. The zero-order valence-corrected chi connectivity index (χ0v) is 22.7. The maximum Gasteiger partial charge on any atom is 0.175 e. The average molecular weight is 553 g/mol. The minimum absolute atomic E-state index is 0.263. The van der Waals surface area contributed by atoms with E-state index in [2.05, 4.69) is 47.2 Å². The normalized spacial score (nSPS) is 32.2. The molecule has 6 rings (SSSR count). The van der Waals surface area contributed by atoms with Gasteiger partial charge in [-0.2, -0.15) is 0 Å². The summed E-state index contributed by atoms with van der Waals surface area (Å²) in [4.78, 5) is 0. The van der Waals surface area contributed by atoms with Gasteiger partial charge in [0.25, 0.3) is 0 Å². The lowest BCUT2D eigenvalue weighted by atomic mass is 9.43. The molecule has 1 N–H and O–H groups in total. The van der Waals surface area contributed by atoms with Crippen LogP contribution in [0.2, 0.25) is 10.0 Å². The Hall–Kier alpha value is -0.940. The van der Waals surface area contributed by atoms with Crippen molar-refractivity contribution in [2.24, 2.45) is 16.7 Å². The first-order valence-electron chi connectivity index (χ1n) is 11.8. The van der Waals surface area contributed by atoms with Gasteiger partial charge in [0.15, 0.2) is 11.5 Å². The van der Waals surface area contributed by atoms with E-state index in [1.54, 1.807) is 7.11 Å². The van der Waals surface area contributed by atoms with Crippen LogP contribution >= 0.6 is 39.1 Å². The summed E-state index contributed by atoms with van der Waals surface area (Å²) < 4.78 is 12.7. The van der Waals surface area contributed by atoms with Crippen molar-refractivity contribution >= 4 is 39.1 Å². The number of benzene rings is 2. The monoisotopic (exact) mass is 551 g/mol. The molecule has 3 nitrogen and oxygen atoms in total. The molecule has 4 bridgehead atoms. The van der Waals surface area contributed by atoms with Crippen LogP contribution in [0.4, 0.5) is 0 Å². The minimum Gasteiger partial charge on any atom is -0.493 e. The first-order chi connectivity index (χ1) is 15.6. The third-order valence-electron chi connectivity index (χ3n) is 8.01. The van der Waals surface area contributed by atoms with E-state index in [1.807, 2.05) is 18.2 Å². The molecule has 33 heavy (non-hydrogen) atoms. The standard InChI is InChI=1S/C27H32BrCl2NO2/c1-25-9-18-10-26(2,14-25)16-27(11-18,15-25)31-12-17-7-20(28)24(23(8-17)32-3)33-13-19-21(29)5-4-6-22(19)30/h4-8,18,31H,9-16H2,1-3H3. The van der Waals surface area contributed by atoms with Gasteiger partial charge in [0, 0.05) is 27.7 Å². The van der Waals surface area contributed by atoms with Crippen LogP contribution in [0, 0.1) is 16.7 Å². The minimum atomic E-state index is 0.263. The topological polar surface area (TPSA) is 30.5 Å². The Morgan fingerprint density at radius 3 is 2.30 bits per heavy atom. The molecule has 4 aliphatic rings. The Labute approximate surface area is 215 Å². The van der Waals surface area contributed by atoms with Gasteiger partial charge in [-0.3, -0.25) is 0 Å². The molecular formula is C27H32BrCl2NO2. The molecule has 0 aromatic heterocycles. The van der Waals surface area contributed by atoms with Crippen molar-refractivity contribution in [1.82, 2.24) is 5.32 Å². The van der Waals surface area contributed by atoms with Gasteiger partial charge in [0.05, 0.1) is 11.6 Å². The Kier molecular flexibility index (Phi) is 6.21. The van der Waals surface area contributed by atoms with Crippen molar-refractivity contribution in [3.05, 3.63) is 56.0 Å². The Bertz CT molecular complexity index is 1040. The summed E-state index contributed by atoms with van der Waals surface area (Å²) in [5.41, 5.74) is 3.21. The summed E-state index contributed by atoms with van der Waals surface area (Å²) in [6.45, 7) is 6.13. The molecule has 0 aliphatic heterocycles. The van der Waals surface area contributed by atoms with Crippen LogP contribution in [0.3, 0.4) is 0 Å². The van der Waals surface area contributed by atoms with Crippen LogP contribution in [0.25, 0.3) is 0 Å². The van der Waals surface area contributed by atoms with Gasteiger partial charge >= 0.3 is 0 Å². The second-order valence-electron chi connectivity index (χ2n) is 11.4. The zero-order valence-electron chi connectivity index (χ0n) is 19.6. The zero-order chi connectivity index (χ0) is 23.4. The van der Waals surface area contributed by atoms with Crippen LogP contribution < -0.4 is 14.8 Å². The molecule has 4 aliphatic carbocycles. The van der Waals surface area contributed by atoms with Crippen LogP contribution in [-0.4, -0.2) is 12.6 Å². The molecule has 2 unspecified atom stereocenters. The molecule has 6 heteroatoms. The van der Waals surface area contributed by atoms with E-state index < -0.39 is 0 Å². The molecular weight excluding hydrogens is 521 g/mol. The van der Waals surface area contributed by atoms with E-state index >= 15 is 0 Å². The predicted molar refractivity (Wildman–Crippen MR) is 138 cm³/mol. The number of hydrogen-bond acceptors (Lipinski definition) is 3. The highest BCUT2D eigenvalue weighted by molar-refractivity contribution is 9.10. The number of hydrogen-bond donors (Lipinski definition) is 1. The Morgan fingerprint density at radius 2 is 1.70 bits per heavy atom. The molecule has 0 amide bonds. The second-order valence-corrected chi connectivity index (χ2v) is 13.0. The summed E-state index contributed by atoms with van der Waals surface area (Å²) >= 11 is 16.3. The molecule has 2 aromatic rings. The fourth-order valence-electron chi connectivity index (χ4n) is 7.76. The van der Waals surface area contributed by atoms with Crippen LogP contribution in [-0.2, 0) is 13.2 Å². The third kappa shape index (κ3) is 4.66. The fraction of sp³-hybridized carbons (Fsp3) is 0.556. The van der Waals surface area contributed by atoms with Gasteiger partial charge in [-0.15, -0.1) is 0 Å². The van der Waals surface area contributed by atoms with E-state index in [-0.39, 0.29) is 12.1 Å². The summed E-state index contributed by atoms with van der Waals surface area (Å²) in [7, 11) is 1.68. The average Bonchev–Trinajstić information content (AvgIpc) is 2.70. The van der Waals surface area contributed by atoms with E-state index in [1.165, 1.54) is 44.1 Å². The molecule has 178 valence electrons. The predicted octanol–water partition coefficient (Wildman–Crippen LogP) is 8.18. The summed E-state index contributed by atoms with van der Waals surface area (Å²) in [5, 5.41) is 5.20. The maximum absolute atomic E-state index is 6.31. The number of methoxy groups -OCH3 is 1. The smallest absolute Gasteiger partial charge is 0.175 e. The van der Waals surface area contributed by atoms with Gasteiger partial charge in [0.2, 0.25) is 0 Å². The maximum atomic E-state index is 6.31. The van der Waals surface area contributed by atoms with Crippen molar-refractivity contribution in [2.75, 3.05) is 7.11 Å². The van der Waals surface area contributed by atoms with Crippen molar-refractivity contribution < 1.29 is 9.47 Å². The summed E-state index contributed by atoms with van der Waals surface area (Å²) in [6.07, 6.45) is 8.12. The summed E-state index contributed by atoms with van der Waals surface area (Å²) in [6, 6.07) is 9.67. The molecule has 0 radical (unpaired) electrons. The van der Waals surface area contributed by atoms with E-state index in [4.69, 9.17) is 32.7 Å².